The second kappa shape index (κ2) is 8.12. The van der Waals surface area contributed by atoms with Crippen LogP contribution in [0, 0.1) is 0 Å². The summed E-state index contributed by atoms with van der Waals surface area (Å²) in [5.74, 6) is 0.696. The first-order valence-electron chi connectivity index (χ1n) is 7.75. The van der Waals surface area contributed by atoms with Crippen LogP contribution in [0.3, 0.4) is 0 Å². The van der Waals surface area contributed by atoms with Gasteiger partial charge in [-0.05, 0) is 25.1 Å². The molecule has 1 fully saturated rings. The molecule has 6 heteroatoms. The molecule has 0 aromatic heterocycles. The highest BCUT2D eigenvalue weighted by Crippen LogP contribution is 2.22. The first kappa shape index (κ1) is 16.7. The Balaban J connectivity index is 1.89. The standard InChI is InChI=1S/C16H25N3O3/c1-2-22-16-4-3-13(11-14(16)17)15(21)12-19-7-5-18(6-8-19)9-10-20/h3-4,11,20H,2,5-10,12,17H2,1H3. The Morgan fingerprint density at radius 2 is 1.95 bits per heavy atom. The van der Waals surface area contributed by atoms with Crippen molar-refractivity contribution in [2.24, 2.45) is 0 Å². The number of aliphatic hydroxyl groups excluding tert-OH is 1. The van der Waals surface area contributed by atoms with Crippen molar-refractivity contribution in [3.8, 4) is 5.75 Å². The van der Waals surface area contributed by atoms with Gasteiger partial charge in [-0.2, -0.15) is 0 Å². The molecular formula is C16H25N3O3. The maximum atomic E-state index is 12.3. The fraction of sp³-hybridized carbons (Fsp3) is 0.562. The summed E-state index contributed by atoms with van der Waals surface area (Å²) >= 11 is 0. The number of carbonyl (C=O) groups is 1. The molecule has 0 radical (unpaired) electrons. The van der Waals surface area contributed by atoms with Gasteiger partial charge in [0.25, 0.3) is 0 Å². The number of ketones is 1. The number of nitrogens with zero attached hydrogens (tertiary/aromatic N) is 2. The molecule has 1 aromatic rings. The van der Waals surface area contributed by atoms with Crippen molar-refractivity contribution in [2.45, 2.75) is 6.92 Å². The monoisotopic (exact) mass is 307 g/mol. The van der Waals surface area contributed by atoms with Crippen molar-refractivity contribution in [1.29, 1.82) is 0 Å². The van der Waals surface area contributed by atoms with Gasteiger partial charge in [0.2, 0.25) is 0 Å². The van der Waals surface area contributed by atoms with Crippen LogP contribution in [-0.2, 0) is 0 Å². The molecule has 2 rings (SSSR count). The second-order valence-electron chi connectivity index (χ2n) is 5.45. The Bertz CT molecular complexity index is 499. The molecule has 0 spiro atoms. The van der Waals surface area contributed by atoms with Gasteiger partial charge in [-0.15, -0.1) is 0 Å². The van der Waals surface area contributed by atoms with E-state index in [1.54, 1.807) is 18.2 Å². The molecule has 1 heterocycles. The summed E-state index contributed by atoms with van der Waals surface area (Å²) in [5.41, 5.74) is 7.03. The number of piperazine rings is 1. The van der Waals surface area contributed by atoms with Crippen molar-refractivity contribution < 1.29 is 14.6 Å². The predicted octanol–water partition coefficient (Wildman–Crippen LogP) is 0.460. The number of Topliss-reactive ketones (excluding diaryl/α,β-unsaturated/α-hetero) is 1. The van der Waals surface area contributed by atoms with E-state index in [0.29, 0.717) is 36.7 Å². The van der Waals surface area contributed by atoms with E-state index in [1.807, 2.05) is 6.92 Å². The highest BCUT2D eigenvalue weighted by Gasteiger charge is 2.19. The summed E-state index contributed by atoms with van der Waals surface area (Å²) < 4.78 is 5.38. The van der Waals surface area contributed by atoms with Gasteiger partial charge in [0.1, 0.15) is 5.75 Å². The number of nitrogens with two attached hydrogens (primary N) is 1. The maximum Gasteiger partial charge on any atom is 0.176 e. The molecule has 0 aliphatic carbocycles. The predicted molar refractivity (Wildman–Crippen MR) is 86.3 cm³/mol. The zero-order valence-corrected chi connectivity index (χ0v) is 13.1. The number of nitrogen functional groups attached to an aromatic ring is 1. The minimum Gasteiger partial charge on any atom is -0.492 e. The number of hydrogen-bond donors (Lipinski definition) is 2. The van der Waals surface area contributed by atoms with Crippen LogP contribution in [0.4, 0.5) is 5.69 Å². The van der Waals surface area contributed by atoms with Crippen LogP contribution < -0.4 is 10.5 Å². The summed E-state index contributed by atoms with van der Waals surface area (Å²) in [6, 6.07) is 5.21. The normalized spacial score (nSPS) is 16.6. The average molecular weight is 307 g/mol. The Morgan fingerprint density at radius 1 is 1.27 bits per heavy atom. The lowest BCUT2D eigenvalue weighted by Crippen LogP contribution is -2.48. The van der Waals surface area contributed by atoms with Crippen LogP contribution in [0.1, 0.15) is 17.3 Å². The largest absolute Gasteiger partial charge is 0.492 e. The fourth-order valence-corrected chi connectivity index (χ4v) is 2.62. The van der Waals surface area contributed by atoms with E-state index in [-0.39, 0.29) is 12.4 Å². The Morgan fingerprint density at radius 3 is 2.55 bits per heavy atom. The van der Waals surface area contributed by atoms with Crippen LogP contribution in [-0.4, -0.2) is 73.2 Å². The third-order valence-electron chi connectivity index (χ3n) is 3.88. The van der Waals surface area contributed by atoms with Crippen LogP contribution >= 0.6 is 0 Å². The van der Waals surface area contributed by atoms with Gasteiger partial charge in [0.05, 0.1) is 25.4 Å². The van der Waals surface area contributed by atoms with Crippen molar-refractivity contribution in [2.75, 3.05) is 58.2 Å². The number of anilines is 1. The van der Waals surface area contributed by atoms with Gasteiger partial charge < -0.3 is 15.6 Å². The molecule has 6 nitrogen and oxygen atoms in total. The molecule has 1 aromatic carbocycles. The van der Waals surface area contributed by atoms with E-state index in [9.17, 15) is 4.79 Å². The number of β-amino-alcohol motifs (C(OH)–C–C–N with tert-alkyl or cyclic N) is 1. The lowest BCUT2D eigenvalue weighted by molar-refractivity contribution is 0.0822. The van der Waals surface area contributed by atoms with E-state index in [4.69, 9.17) is 15.6 Å². The van der Waals surface area contributed by atoms with E-state index < -0.39 is 0 Å². The van der Waals surface area contributed by atoms with Crippen molar-refractivity contribution in [1.82, 2.24) is 9.80 Å². The number of rotatable bonds is 7. The number of benzene rings is 1. The Labute approximate surface area is 131 Å². The third kappa shape index (κ3) is 4.43. The minimum atomic E-state index is 0.0744. The fourth-order valence-electron chi connectivity index (χ4n) is 2.62. The number of hydrogen-bond acceptors (Lipinski definition) is 6. The summed E-state index contributed by atoms with van der Waals surface area (Å²) in [4.78, 5) is 16.7. The molecule has 0 saturated carbocycles. The summed E-state index contributed by atoms with van der Waals surface area (Å²) in [5, 5.41) is 8.93. The molecule has 1 aliphatic heterocycles. The van der Waals surface area contributed by atoms with Crippen LogP contribution in [0.25, 0.3) is 0 Å². The topological polar surface area (TPSA) is 79.0 Å². The molecule has 1 saturated heterocycles. The van der Waals surface area contributed by atoms with Gasteiger partial charge in [-0.1, -0.05) is 0 Å². The number of aliphatic hydroxyl groups is 1. The van der Waals surface area contributed by atoms with E-state index in [2.05, 4.69) is 9.80 Å². The smallest absolute Gasteiger partial charge is 0.176 e. The quantitative estimate of drug-likeness (QED) is 0.563. The molecule has 0 amide bonds. The molecule has 122 valence electrons. The average Bonchev–Trinajstić information content (AvgIpc) is 2.51. The highest BCUT2D eigenvalue weighted by molar-refractivity contribution is 5.98. The van der Waals surface area contributed by atoms with Crippen molar-refractivity contribution in [3.05, 3.63) is 23.8 Å². The lowest BCUT2D eigenvalue weighted by Gasteiger charge is -2.33. The molecule has 0 atom stereocenters. The van der Waals surface area contributed by atoms with Crippen LogP contribution in [0.15, 0.2) is 18.2 Å². The first-order valence-corrected chi connectivity index (χ1v) is 7.75. The zero-order chi connectivity index (χ0) is 15.9. The lowest BCUT2D eigenvalue weighted by atomic mass is 10.1. The molecule has 3 N–H and O–H groups in total. The Hall–Kier alpha value is -1.63. The number of carbonyl (C=O) groups excluding carboxylic acids is 1. The van der Waals surface area contributed by atoms with Crippen LogP contribution in [0.2, 0.25) is 0 Å². The minimum absolute atomic E-state index is 0.0744. The Kier molecular flexibility index (Phi) is 6.18. The zero-order valence-electron chi connectivity index (χ0n) is 13.1. The number of ether oxygens (including phenoxy) is 1. The molecule has 0 bridgehead atoms. The molecule has 1 aliphatic rings. The summed E-state index contributed by atoms with van der Waals surface area (Å²) in [6.07, 6.45) is 0. The SMILES string of the molecule is CCOc1ccc(C(=O)CN2CCN(CCO)CC2)cc1N. The van der Waals surface area contributed by atoms with Gasteiger partial charge >= 0.3 is 0 Å². The molecular weight excluding hydrogens is 282 g/mol. The van der Waals surface area contributed by atoms with E-state index in [1.165, 1.54) is 0 Å². The van der Waals surface area contributed by atoms with Crippen molar-refractivity contribution in [3.63, 3.8) is 0 Å². The van der Waals surface area contributed by atoms with Gasteiger partial charge in [-0.25, -0.2) is 0 Å². The maximum absolute atomic E-state index is 12.3. The van der Waals surface area contributed by atoms with Crippen LogP contribution in [0.5, 0.6) is 5.75 Å². The van der Waals surface area contributed by atoms with Crippen molar-refractivity contribution >= 4 is 11.5 Å². The highest BCUT2D eigenvalue weighted by atomic mass is 16.5. The summed E-state index contributed by atoms with van der Waals surface area (Å²) in [7, 11) is 0. The second-order valence-corrected chi connectivity index (χ2v) is 5.45. The van der Waals surface area contributed by atoms with E-state index in [0.717, 1.165) is 26.2 Å². The van der Waals surface area contributed by atoms with Gasteiger partial charge in [0, 0.05) is 38.3 Å². The third-order valence-corrected chi connectivity index (χ3v) is 3.88. The molecule has 22 heavy (non-hydrogen) atoms. The first-order chi connectivity index (χ1) is 10.6. The van der Waals surface area contributed by atoms with Gasteiger partial charge in [0.15, 0.2) is 5.78 Å². The van der Waals surface area contributed by atoms with E-state index >= 15 is 0 Å². The van der Waals surface area contributed by atoms with Gasteiger partial charge in [-0.3, -0.25) is 14.6 Å². The molecule has 0 unspecified atom stereocenters. The summed E-state index contributed by atoms with van der Waals surface area (Å²) in [6.45, 7) is 7.21.